The van der Waals surface area contributed by atoms with Crippen LogP contribution in [0.15, 0.2) is 40.9 Å². The van der Waals surface area contributed by atoms with E-state index in [-0.39, 0.29) is 17.4 Å². The molecule has 0 saturated carbocycles. The third kappa shape index (κ3) is 3.61. The van der Waals surface area contributed by atoms with Gasteiger partial charge in [0.15, 0.2) is 0 Å². The highest BCUT2D eigenvalue weighted by Crippen LogP contribution is 2.37. The summed E-state index contributed by atoms with van der Waals surface area (Å²) >= 11 is 3.44. The van der Waals surface area contributed by atoms with E-state index < -0.39 is 4.92 Å². The molecule has 0 aliphatic carbocycles. The Bertz CT molecular complexity index is 683. The molecule has 0 aliphatic heterocycles. The highest BCUT2D eigenvalue weighted by atomic mass is 79.9. The molecule has 0 bridgehead atoms. The minimum atomic E-state index is -0.428. The zero-order valence-electron chi connectivity index (χ0n) is 12.1. The number of hydrogen-bond donors (Lipinski definition) is 0. The average Bonchev–Trinajstić information content (AvgIpc) is 2.40. The van der Waals surface area contributed by atoms with E-state index in [4.69, 9.17) is 4.74 Å². The molecule has 5 heteroatoms. The second-order valence-electron chi connectivity index (χ2n) is 5.17. The number of nitro benzene ring substituents is 1. The van der Waals surface area contributed by atoms with Gasteiger partial charge in [0.05, 0.1) is 4.92 Å². The largest absolute Gasteiger partial charge is 0.450 e. The van der Waals surface area contributed by atoms with E-state index >= 15 is 0 Å². The van der Waals surface area contributed by atoms with Gasteiger partial charge < -0.3 is 4.74 Å². The van der Waals surface area contributed by atoms with E-state index in [9.17, 15) is 10.1 Å². The predicted molar refractivity (Wildman–Crippen MR) is 86.1 cm³/mol. The number of halogens is 1. The fourth-order valence-corrected chi connectivity index (χ4v) is 2.41. The van der Waals surface area contributed by atoms with Crippen molar-refractivity contribution < 1.29 is 9.66 Å². The Labute approximate surface area is 132 Å². The SMILES string of the molecule is Cc1ccc([N+](=O)[O-])c(Oc2ccc(Br)cc2C(C)C)c1. The van der Waals surface area contributed by atoms with Crippen LogP contribution in [0.2, 0.25) is 0 Å². The minimum absolute atomic E-state index is 0.0294. The van der Waals surface area contributed by atoms with Crippen LogP contribution in [0.25, 0.3) is 0 Å². The van der Waals surface area contributed by atoms with Gasteiger partial charge in [-0.3, -0.25) is 10.1 Å². The van der Waals surface area contributed by atoms with Crippen LogP contribution in [0.1, 0.15) is 30.9 Å². The van der Waals surface area contributed by atoms with Crippen molar-refractivity contribution in [2.45, 2.75) is 26.7 Å². The molecule has 0 aliphatic rings. The first-order valence-electron chi connectivity index (χ1n) is 6.61. The van der Waals surface area contributed by atoms with Gasteiger partial charge in [-0.2, -0.15) is 0 Å². The maximum absolute atomic E-state index is 11.1. The molecule has 2 aromatic carbocycles. The molecule has 0 saturated heterocycles. The van der Waals surface area contributed by atoms with Crippen molar-refractivity contribution in [3.63, 3.8) is 0 Å². The summed E-state index contributed by atoms with van der Waals surface area (Å²) < 4.78 is 6.79. The van der Waals surface area contributed by atoms with Crippen molar-refractivity contribution in [3.05, 3.63) is 62.1 Å². The zero-order valence-corrected chi connectivity index (χ0v) is 13.7. The summed E-state index contributed by atoms with van der Waals surface area (Å²) in [6, 6.07) is 10.5. The number of nitrogens with zero attached hydrogens (tertiary/aromatic N) is 1. The number of rotatable bonds is 4. The van der Waals surface area contributed by atoms with Crippen LogP contribution in [-0.4, -0.2) is 4.92 Å². The van der Waals surface area contributed by atoms with Gasteiger partial charge in [0.25, 0.3) is 0 Å². The lowest BCUT2D eigenvalue weighted by Gasteiger charge is -2.14. The topological polar surface area (TPSA) is 52.4 Å². The van der Waals surface area contributed by atoms with Crippen LogP contribution < -0.4 is 4.74 Å². The lowest BCUT2D eigenvalue weighted by Crippen LogP contribution is -1.97. The molecule has 0 radical (unpaired) electrons. The first-order valence-corrected chi connectivity index (χ1v) is 7.40. The van der Waals surface area contributed by atoms with Crippen molar-refractivity contribution in [1.82, 2.24) is 0 Å². The fraction of sp³-hybridized carbons (Fsp3) is 0.250. The average molecular weight is 350 g/mol. The summed E-state index contributed by atoms with van der Waals surface area (Å²) in [5.74, 6) is 1.16. The van der Waals surface area contributed by atoms with Crippen molar-refractivity contribution in [2.24, 2.45) is 0 Å². The van der Waals surface area contributed by atoms with Gasteiger partial charge in [-0.1, -0.05) is 35.8 Å². The summed E-state index contributed by atoms with van der Waals surface area (Å²) in [5, 5.41) is 11.1. The third-order valence-electron chi connectivity index (χ3n) is 3.13. The quantitative estimate of drug-likeness (QED) is 0.534. The van der Waals surface area contributed by atoms with Crippen LogP contribution >= 0.6 is 15.9 Å². The Kier molecular flexibility index (Phi) is 4.63. The van der Waals surface area contributed by atoms with Gasteiger partial charge in [-0.15, -0.1) is 0 Å². The first kappa shape index (κ1) is 15.5. The molecule has 0 unspecified atom stereocenters. The van der Waals surface area contributed by atoms with E-state index in [2.05, 4.69) is 29.8 Å². The number of ether oxygens (including phenoxy) is 1. The second kappa shape index (κ2) is 6.26. The molecule has 0 fully saturated rings. The highest BCUT2D eigenvalue weighted by molar-refractivity contribution is 9.10. The molecule has 0 atom stereocenters. The number of nitro groups is 1. The van der Waals surface area contributed by atoms with Crippen LogP contribution in [0.5, 0.6) is 11.5 Å². The van der Waals surface area contributed by atoms with E-state index in [0.717, 1.165) is 15.6 Å². The maximum atomic E-state index is 11.1. The van der Waals surface area contributed by atoms with Gasteiger partial charge in [-0.05, 0) is 48.2 Å². The van der Waals surface area contributed by atoms with E-state index in [0.29, 0.717) is 5.75 Å². The monoisotopic (exact) mass is 349 g/mol. The molecule has 21 heavy (non-hydrogen) atoms. The summed E-state index contributed by atoms with van der Waals surface area (Å²) in [4.78, 5) is 10.7. The van der Waals surface area contributed by atoms with Gasteiger partial charge in [0.1, 0.15) is 5.75 Å². The van der Waals surface area contributed by atoms with Gasteiger partial charge in [-0.25, -0.2) is 0 Å². The zero-order chi connectivity index (χ0) is 15.6. The van der Waals surface area contributed by atoms with E-state index in [1.807, 2.05) is 25.1 Å². The fourth-order valence-electron chi connectivity index (χ4n) is 2.04. The van der Waals surface area contributed by atoms with Crippen molar-refractivity contribution in [2.75, 3.05) is 0 Å². The minimum Gasteiger partial charge on any atom is -0.450 e. The van der Waals surface area contributed by atoms with Crippen molar-refractivity contribution in [3.8, 4) is 11.5 Å². The summed E-state index contributed by atoms with van der Waals surface area (Å²) in [5.41, 5.74) is 1.89. The van der Waals surface area contributed by atoms with Crippen LogP contribution in [0.3, 0.4) is 0 Å². The Morgan fingerprint density at radius 3 is 2.48 bits per heavy atom. The summed E-state index contributed by atoms with van der Waals surface area (Å²) in [6.45, 7) is 5.99. The van der Waals surface area contributed by atoms with Gasteiger partial charge in [0.2, 0.25) is 5.75 Å². The molecule has 0 heterocycles. The Hall–Kier alpha value is -1.88. The van der Waals surface area contributed by atoms with Crippen LogP contribution in [0.4, 0.5) is 5.69 Å². The Morgan fingerprint density at radius 2 is 1.86 bits per heavy atom. The normalized spacial score (nSPS) is 10.7. The number of benzene rings is 2. The van der Waals surface area contributed by atoms with E-state index in [1.165, 1.54) is 6.07 Å². The third-order valence-corrected chi connectivity index (χ3v) is 3.62. The summed E-state index contributed by atoms with van der Waals surface area (Å²) in [6.07, 6.45) is 0. The van der Waals surface area contributed by atoms with Crippen molar-refractivity contribution in [1.29, 1.82) is 0 Å². The lowest BCUT2D eigenvalue weighted by molar-refractivity contribution is -0.385. The number of hydrogen-bond acceptors (Lipinski definition) is 3. The predicted octanol–water partition coefficient (Wildman–Crippen LogP) is 5.58. The van der Waals surface area contributed by atoms with Crippen LogP contribution in [0, 0.1) is 17.0 Å². The van der Waals surface area contributed by atoms with Gasteiger partial charge >= 0.3 is 5.69 Å². The molecule has 0 aromatic heterocycles. The molecular weight excluding hydrogens is 334 g/mol. The molecule has 2 aromatic rings. The molecular formula is C16H16BrNO3. The molecule has 4 nitrogen and oxygen atoms in total. The van der Waals surface area contributed by atoms with Gasteiger partial charge in [0, 0.05) is 10.5 Å². The molecule has 2 rings (SSSR count). The number of aryl methyl sites for hydroxylation is 1. The lowest BCUT2D eigenvalue weighted by atomic mass is 10.0. The Morgan fingerprint density at radius 1 is 1.14 bits per heavy atom. The smallest absolute Gasteiger partial charge is 0.311 e. The Balaban J connectivity index is 2.47. The van der Waals surface area contributed by atoms with Crippen LogP contribution in [-0.2, 0) is 0 Å². The maximum Gasteiger partial charge on any atom is 0.311 e. The highest BCUT2D eigenvalue weighted by Gasteiger charge is 2.18. The molecule has 0 N–H and O–H groups in total. The molecule has 0 amide bonds. The first-order chi connectivity index (χ1) is 9.88. The summed E-state index contributed by atoms with van der Waals surface area (Å²) in [7, 11) is 0. The molecule has 0 spiro atoms. The standard InChI is InChI=1S/C16H16BrNO3/c1-10(2)13-9-12(17)5-7-15(13)21-16-8-11(3)4-6-14(16)18(19)20/h4-10H,1-3H3. The molecule has 110 valence electrons. The van der Waals surface area contributed by atoms with Crippen molar-refractivity contribution >= 4 is 21.6 Å². The second-order valence-corrected chi connectivity index (χ2v) is 6.08. The van der Waals surface area contributed by atoms with E-state index in [1.54, 1.807) is 12.1 Å².